The van der Waals surface area contributed by atoms with Gasteiger partial charge in [0.25, 0.3) is 5.91 Å². The molecule has 7 rings (SSSR count). The van der Waals surface area contributed by atoms with E-state index in [1.54, 1.807) is 48.8 Å². The van der Waals surface area contributed by atoms with Gasteiger partial charge in [-0.15, -0.1) is 11.3 Å². The molecular formula is C45H49F2N4O7PS2. The Hall–Kier alpha value is -4.61. The number of nitrogens with one attached hydrogen (secondary N) is 1. The van der Waals surface area contributed by atoms with Crippen LogP contribution in [-0.2, 0) is 29.1 Å². The van der Waals surface area contributed by atoms with Crippen LogP contribution in [0.2, 0.25) is 0 Å². The summed E-state index contributed by atoms with van der Waals surface area (Å²) in [5, 5.41) is 3.02. The summed E-state index contributed by atoms with van der Waals surface area (Å²) in [5.74, 6) is -1.29. The van der Waals surface area contributed by atoms with Crippen LogP contribution in [0.1, 0.15) is 86.0 Å². The highest BCUT2D eigenvalue weighted by Crippen LogP contribution is 2.66. The summed E-state index contributed by atoms with van der Waals surface area (Å²) >= 11 is 1.96. The molecule has 0 radical (unpaired) electrons. The first kappa shape index (κ1) is 44.4. The number of nitrogens with zero attached hydrogens (tertiary/aromatic N) is 3. The third kappa shape index (κ3) is 9.58. The average molecular weight is 891 g/mol. The predicted octanol–water partition coefficient (Wildman–Crippen LogP) is 9.49. The lowest BCUT2D eigenvalue weighted by molar-refractivity contribution is -0.146. The molecule has 0 aliphatic carbocycles. The van der Waals surface area contributed by atoms with E-state index in [0.29, 0.717) is 36.9 Å². The normalized spacial score (nSPS) is 23.1. The summed E-state index contributed by atoms with van der Waals surface area (Å²) in [7, 11) is -5.26. The summed E-state index contributed by atoms with van der Waals surface area (Å²) in [6, 6.07) is 20.2. The van der Waals surface area contributed by atoms with E-state index in [1.165, 1.54) is 24.3 Å². The van der Waals surface area contributed by atoms with Crippen LogP contribution in [-0.4, -0.2) is 82.3 Å². The van der Waals surface area contributed by atoms with E-state index < -0.39 is 48.8 Å². The van der Waals surface area contributed by atoms with Gasteiger partial charge in [-0.3, -0.25) is 23.7 Å². The minimum Gasteiger partial charge on any atom is -0.420 e. The van der Waals surface area contributed by atoms with Crippen LogP contribution in [0.3, 0.4) is 0 Å². The maximum absolute atomic E-state index is 16.5. The van der Waals surface area contributed by atoms with E-state index >= 15 is 8.78 Å². The molecule has 0 spiro atoms. The number of hydrogen-bond acceptors (Lipinski definition) is 9. The largest absolute Gasteiger partial charge is 0.453 e. The van der Waals surface area contributed by atoms with Gasteiger partial charge in [-0.1, -0.05) is 100.0 Å². The number of likely N-dealkylation sites (tertiary alicyclic amines) is 1. The number of hydrogen-bond donors (Lipinski definition) is 1. The highest BCUT2D eigenvalue weighted by molar-refractivity contribution is 8.13. The summed E-state index contributed by atoms with van der Waals surface area (Å²) in [6.45, 7) is 13.3. The number of thiophene rings is 1. The number of thioether (sulfide) groups is 1. The minimum atomic E-state index is -5.26. The van der Waals surface area contributed by atoms with Crippen molar-refractivity contribution in [3.63, 3.8) is 0 Å². The first-order valence-corrected chi connectivity index (χ1v) is 23.9. The zero-order chi connectivity index (χ0) is 43.5. The lowest BCUT2D eigenvalue weighted by Gasteiger charge is -2.36. The number of benzene rings is 3. The van der Waals surface area contributed by atoms with E-state index in [-0.39, 0.29) is 63.2 Å². The Morgan fingerprint density at radius 3 is 2.36 bits per heavy atom. The molecule has 3 aromatic carbocycles. The molecule has 3 aliphatic rings. The second kappa shape index (κ2) is 18.4. The molecule has 1 N–H and O–H groups in total. The first-order chi connectivity index (χ1) is 29.1. The Morgan fingerprint density at radius 1 is 0.951 bits per heavy atom. The number of fused-ring (bicyclic) bond motifs is 2. The highest BCUT2D eigenvalue weighted by atomic mass is 32.2. The monoisotopic (exact) mass is 890 g/mol. The van der Waals surface area contributed by atoms with Crippen LogP contribution >= 0.6 is 30.7 Å². The third-order valence-corrected chi connectivity index (χ3v) is 15.8. The smallest absolute Gasteiger partial charge is 0.420 e. The number of para-hydroxylation sites is 1. The van der Waals surface area contributed by atoms with Crippen LogP contribution in [0, 0.1) is 12.0 Å². The molecular weight excluding hydrogens is 842 g/mol. The van der Waals surface area contributed by atoms with Crippen LogP contribution < -0.4 is 9.84 Å². The molecule has 3 aliphatic heterocycles. The number of carbonyl (C=O) groups excluding carboxylic acids is 4. The molecule has 3 amide bonds. The maximum Gasteiger partial charge on any atom is 0.453 e. The van der Waals surface area contributed by atoms with Crippen molar-refractivity contribution < 1.29 is 41.6 Å². The van der Waals surface area contributed by atoms with Crippen molar-refractivity contribution in [3.05, 3.63) is 112 Å². The molecule has 1 unspecified atom stereocenters. The first-order valence-electron chi connectivity index (χ1n) is 20.5. The van der Waals surface area contributed by atoms with Gasteiger partial charge in [-0.25, -0.2) is 11.1 Å². The van der Waals surface area contributed by atoms with Crippen molar-refractivity contribution in [1.29, 1.82) is 0 Å². The van der Waals surface area contributed by atoms with Gasteiger partial charge in [0.15, 0.2) is 5.12 Å². The molecule has 3 fully saturated rings. The van der Waals surface area contributed by atoms with Crippen molar-refractivity contribution in [3.8, 4) is 5.75 Å². The topological polar surface area (TPSA) is 127 Å². The van der Waals surface area contributed by atoms with Gasteiger partial charge in [0.1, 0.15) is 17.8 Å². The summed E-state index contributed by atoms with van der Waals surface area (Å²) in [6.07, 6.45) is 3.80. The number of alkyl halides is 2. The lowest BCUT2D eigenvalue weighted by atomic mass is 9.95. The Kier molecular flexibility index (Phi) is 13.4. The molecule has 0 bridgehead atoms. The minimum absolute atomic E-state index is 0.0213. The van der Waals surface area contributed by atoms with Crippen molar-refractivity contribution in [2.24, 2.45) is 5.41 Å². The molecule has 16 heteroatoms. The molecule has 61 heavy (non-hydrogen) atoms. The molecule has 3 saturated heterocycles. The van der Waals surface area contributed by atoms with Crippen LogP contribution in [0.15, 0.2) is 84.9 Å². The SMILES string of the molecule is [C-]#[N+][C@H]1CN(C(=O)[C@@H]2CC[C@@H]3CCCC[C@H](NC(=O)c4cc5cc(C(F)(F)P(=O)(OCCSC(=O)C(C)(C)C)Oc6ccccc6)ccc5s4)C(=O)N32)C[C@@H]1c1ccccc1. The molecule has 11 nitrogen and oxygen atoms in total. The molecule has 6 atom stereocenters. The Bertz CT molecular complexity index is 2350. The fraction of sp³-hybridized carbons (Fsp3) is 0.444. The van der Waals surface area contributed by atoms with E-state index in [0.717, 1.165) is 53.6 Å². The summed E-state index contributed by atoms with van der Waals surface area (Å²) in [5.41, 5.74) is -4.45. The molecule has 4 heterocycles. The second-order valence-corrected chi connectivity index (χ2v) is 20.9. The fourth-order valence-electron chi connectivity index (χ4n) is 8.27. The van der Waals surface area contributed by atoms with Crippen molar-refractivity contribution >= 4 is 63.6 Å². The Balaban J connectivity index is 1.06. The van der Waals surface area contributed by atoms with Gasteiger partial charge < -0.3 is 24.5 Å². The van der Waals surface area contributed by atoms with E-state index in [2.05, 4.69) is 10.2 Å². The highest BCUT2D eigenvalue weighted by Gasteiger charge is 2.57. The van der Waals surface area contributed by atoms with Gasteiger partial charge in [0.05, 0.1) is 23.9 Å². The Labute approximate surface area is 362 Å². The van der Waals surface area contributed by atoms with E-state index in [1.807, 2.05) is 30.3 Å². The molecule has 322 valence electrons. The lowest BCUT2D eigenvalue weighted by Crippen LogP contribution is -2.56. The second-order valence-electron chi connectivity index (χ2n) is 16.8. The third-order valence-electron chi connectivity index (χ3n) is 11.5. The fourth-order valence-corrected chi connectivity index (χ4v) is 11.6. The van der Waals surface area contributed by atoms with Crippen molar-refractivity contribution in [2.45, 2.75) is 95.0 Å². The van der Waals surface area contributed by atoms with Crippen LogP contribution in [0.5, 0.6) is 5.75 Å². The summed E-state index contributed by atoms with van der Waals surface area (Å²) in [4.78, 5) is 62.2. The standard InChI is InChI=1S/C45H49F2N4O7PS2/c1-44(2,3)43(55)60-24-23-57-59(56,58-33-16-9-6-10-17-33)45(46,47)31-19-22-38-30(25-31)26-39(61-38)40(52)49-35-18-12-11-15-32-20-21-37(51(32)41(35)53)42(54)50-27-34(36(28-50)48-4)29-13-7-5-8-14-29/h5-10,13-14,16-17,19,22,25-26,32,34-37H,11-12,15,18,20-21,23-24,27-28H2,1-3H3,(H,49,52)/t32-,34+,35-,36-,37-,59?/m0/s1. The number of amides is 3. The van der Waals surface area contributed by atoms with Crippen molar-refractivity contribution in [1.82, 2.24) is 15.1 Å². The van der Waals surface area contributed by atoms with Gasteiger partial charge in [0.2, 0.25) is 17.9 Å². The number of rotatable bonds is 12. The summed E-state index contributed by atoms with van der Waals surface area (Å²) < 4.78 is 58.3. The quantitative estimate of drug-likeness (QED) is 0.0848. The number of halogens is 2. The molecule has 4 aromatic rings. The van der Waals surface area contributed by atoms with Gasteiger partial charge in [0, 0.05) is 34.0 Å². The maximum atomic E-state index is 16.5. The zero-order valence-electron chi connectivity index (χ0n) is 34.3. The van der Waals surface area contributed by atoms with Gasteiger partial charge in [-0.05, 0) is 67.0 Å². The van der Waals surface area contributed by atoms with E-state index in [9.17, 15) is 23.7 Å². The van der Waals surface area contributed by atoms with Gasteiger partial charge >= 0.3 is 13.3 Å². The van der Waals surface area contributed by atoms with Gasteiger partial charge in [-0.2, -0.15) is 8.78 Å². The van der Waals surface area contributed by atoms with Crippen LogP contribution in [0.4, 0.5) is 8.78 Å². The average Bonchev–Trinajstić information content (AvgIpc) is 3.99. The predicted molar refractivity (Wildman–Crippen MR) is 233 cm³/mol. The molecule has 1 aromatic heterocycles. The molecule has 0 saturated carbocycles. The van der Waals surface area contributed by atoms with Crippen LogP contribution in [0.25, 0.3) is 14.9 Å². The zero-order valence-corrected chi connectivity index (χ0v) is 36.8. The van der Waals surface area contributed by atoms with Crippen molar-refractivity contribution in [2.75, 3.05) is 25.4 Å². The number of carbonyl (C=O) groups is 4. The Morgan fingerprint density at radius 2 is 1.66 bits per heavy atom. The van der Waals surface area contributed by atoms with E-state index in [4.69, 9.17) is 15.6 Å².